The minimum absolute atomic E-state index is 0.0487. The Hall–Kier alpha value is -2.77. The largest absolute Gasteiger partial charge is 0.497 e. The summed E-state index contributed by atoms with van der Waals surface area (Å²) >= 11 is 5.90. The molecule has 0 bridgehead atoms. The van der Waals surface area contributed by atoms with Crippen LogP contribution in [0.4, 0.5) is 0 Å². The number of hydrogen-bond acceptors (Lipinski definition) is 5. The Morgan fingerprint density at radius 3 is 2.43 bits per heavy atom. The Bertz CT molecular complexity index is 872. The highest BCUT2D eigenvalue weighted by atomic mass is 35.5. The molecule has 1 atom stereocenters. The lowest BCUT2D eigenvalue weighted by Crippen LogP contribution is -2.58. The SMILES string of the molecule is COc1ccc(CC(=O)N2CCOC(COc3ccc(Cl)cc3)(CC(N)=O)C2)cc1. The lowest BCUT2D eigenvalue weighted by atomic mass is 9.97. The third-order valence-electron chi connectivity index (χ3n) is 4.93. The molecular weight excluding hydrogens is 408 g/mol. The van der Waals surface area contributed by atoms with Gasteiger partial charge in [0, 0.05) is 11.6 Å². The van der Waals surface area contributed by atoms with Gasteiger partial charge in [0.1, 0.15) is 23.7 Å². The van der Waals surface area contributed by atoms with E-state index < -0.39 is 11.5 Å². The van der Waals surface area contributed by atoms with Crippen molar-refractivity contribution in [3.8, 4) is 11.5 Å². The number of nitrogens with zero attached hydrogens (tertiary/aromatic N) is 1. The van der Waals surface area contributed by atoms with Gasteiger partial charge in [0.2, 0.25) is 11.8 Å². The predicted molar refractivity (Wildman–Crippen MR) is 113 cm³/mol. The number of amides is 2. The molecule has 0 radical (unpaired) electrons. The predicted octanol–water partition coefficient (Wildman–Crippen LogP) is 2.44. The maximum Gasteiger partial charge on any atom is 0.227 e. The zero-order valence-corrected chi connectivity index (χ0v) is 17.6. The molecule has 0 spiro atoms. The molecule has 2 aromatic carbocycles. The van der Waals surface area contributed by atoms with Crippen LogP contribution in [0.2, 0.25) is 5.02 Å². The quantitative estimate of drug-likeness (QED) is 0.691. The Labute approximate surface area is 180 Å². The molecule has 30 heavy (non-hydrogen) atoms. The summed E-state index contributed by atoms with van der Waals surface area (Å²) in [5.74, 6) is 0.758. The van der Waals surface area contributed by atoms with Crippen LogP contribution >= 0.6 is 11.6 Å². The number of rotatable bonds is 8. The van der Waals surface area contributed by atoms with Crippen molar-refractivity contribution in [2.24, 2.45) is 5.73 Å². The molecule has 1 aliphatic heterocycles. The Morgan fingerprint density at radius 2 is 1.80 bits per heavy atom. The van der Waals surface area contributed by atoms with Crippen molar-refractivity contribution in [2.45, 2.75) is 18.4 Å². The number of benzene rings is 2. The van der Waals surface area contributed by atoms with E-state index in [9.17, 15) is 9.59 Å². The molecule has 160 valence electrons. The number of ether oxygens (including phenoxy) is 3. The van der Waals surface area contributed by atoms with Crippen LogP contribution in [0.5, 0.6) is 11.5 Å². The van der Waals surface area contributed by atoms with Crippen molar-refractivity contribution in [3.63, 3.8) is 0 Å². The molecule has 1 fully saturated rings. The van der Waals surface area contributed by atoms with Crippen LogP contribution in [0.3, 0.4) is 0 Å². The van der Waals surface area contributed by atoms with E-state index >= 15 is 0 Å². The first-order chi connectivity index (χ1) is 14.4. The van der Waals surface area contributed by atoms with Crippen LogP contribution < -0.4 is 15.2 Å². The Balaban J connectivity index is 1.68. The molecule has 1 unspecified atom stereocenters. The van der Waals surface area contributed by atoms with Gasteiger partial charge in [-0.2, -0.15) is 0 Å². The number of carbonyl (C=O) groups is 2. The molecule has 0 aliphatic carbocycles. The molecular formula is C22H25ClN2O5. The van der Waals surface area contributed by atoms with Gasteiger partial charge in [0.05, 0.1) is 33.1 Å². The average Bonchev–Trinajstić information content (AvgIpc) is 2.73. The van der Waals surface area contributed by atoms with Crippen LogP contribution in [0, 0.1) is 0 Å². The number of hydrogen-bond donors (Lipinski definition) is 1. The first-order valence-electron chi connectivity index (χ1n) is 9.60. The zero-order chi connectivity index (χ0) is 21.6. The van der Waals surface area contributed by atoms with Crippen molar-refractivity contribution in [1.29, 1.82) is 0 Å². The van der Waals surface area contributed by atoms with Gasteiger partial charge in [-0.15, -0.1) is 0 Å². The molecule has 2 aromatic rings. The summed E-state index contributed by atoms with van der Waals surface area (Å²) in [6.45, 7) is 1.05. The molecule has 0 saturated carbocycles. The second-order valence-electron chi connectivity index (χ2n) is 7.26. The lowest BCUT2D eigenvalue weighted by molar-refractivity contribution is -0.161. The van der Waals surface area contributed by atoms with Gasteiger partial charge in [-0.3, -0.25) is 9.59 Å². The van der Waals surface area contributed by atoms with Crippen molar-refractivity contribution in [2.75, 3.05) is 33.4 Å². The van der Waals surface area contributed by atoms with Crippen molar-refractivity contribution in [1.82, 2.24) is 4.90 Å². The normalized spacial score (nSPS) is 18.7. The van der Waals surface area contributed by atoms with E-state index in [1.54, 1.807) is 36.3 Å². The molecule has 7 nitrogen and oxygen atoms in total. The molecule has 8 heteroatoms. The summed E-state index contributed by atoms with van der Waals surface area (Å²) < 4.78 is 16.9. The van der Waals surface area contributed by atoms with E-state index in [0.29, 0.717) is 23.9 Å². The number of halogens is 1. The second-order valence-corrected chi connectivity index (χ2v) is 7.69. The lowest BCUT2D eigenvalue weighted by Gasteiger charge is -2.42. The second kappa shape index (κ2) is 9.82. The monoisotopic (exact) mass is 432 g/mol. The van der Waals surface area contributed by atoms with E-state index in [1.165, 1.54) is 0 Å². The molecule has 2 amide bonds. The first-order valence-corrected chi connectivity index (χ1v) is 9.98. The molecule has 2 N–H and O–H groups in total. The fourth-order valence-electron chi connectivity index (χ4n) is 3.40. The van der Waals surface area contributed by atoms with Crippen molar-refractivity contribution >= 4 is 23.4 Å². The van der Waals surface area contributed by atoms with Crippen LogP contribution in [-0.4, -0.2) is 55.7 Å². The molecule has 1 aliphatic rings. The average molecular weight is 433 g/mol. The summed E-state index contributed by atoms with van der Waals surface area (Å²) in [6, 6.07) is 14.2. The van der Waals surface area contributed by atoms with E-state index in [-0.39, 0.29) is 31.9 Å². The number of carbonyl (C=O) groups excluding carboxylic acids is 2. The summed E-state index contributed by atoms with van der Waals surface area (Å²) in [5.41, 5.74) is 5.34. The highest BCUT2D eigenvalue weighted by Crippen LogP contribution is 2.25. The molecule has 3 rings (SSSR count). The van der Waals surface area contributed by atoms with Crippen LogP contribution in [0.15, 0.2) is 48.5 Å². The summed E-state index contributed by atoms with van der Waals surface area (Å²) in [5, 5.41) is 0.596. The third kappa shape index (κ3) is 5.87. The maximum absolute atomic E-state index is 12.9. The van der Waals surface area contributed by atoms with Crippen molar-refractivity contribution in [3.05, 3.63) is 59.1 Å². The number of nitrogens with two attached hydrogens (primary N) is 1. The number of morpholine rings is 1. The molecule has 1 saturated heterocycles. The third-order valence-corrected chi connectivity index (χ3v) is 5.18. The summed E-state index contributed by atoms with van der Waals surface area (Å²) in [7, 11) is 1.60. The Morgan fingerprint density at radius 1 is 1.13 bits per heavy atom. The zero-order valence-electron chi connectivity index (χ0n) is 16.8. The van der Waals surface area contributed by atoms with Gasteiger partial charge >= 0.3 is 0 Å². The number of primary amides is 1. The number of methoxy groups -OCH3 is 1. The van der Waals surface area contributed by atoms with Gasteiger partial charge in [-0.1, -0.05) is 23.7 Å². The summed E-state index contributed by atoms with van der Waals surface area (Å²) in [4.78, 5) is 26.3. The van der Waals surface area contributed by atoms with E-state index in [0.717, 1.165) is 11.3 Å². The minimum atomic E-state index is -1.00. The summed E-state index contributed by atoms with van der Waals surface area (Å²) in [6.07, 6.45) is 0.196. The van der Waals surface area contributed by atoms with Gasteiger partial charge in [0.15, 0.2) is 0 Å². The highest BCUT2D eigenvalue weighted by Gasteiger charge is 2.40. The van der Waals surface area contributed by atoms with Crippen LogP contribution in [0.25, 0.3) is 0 Å². The standard InChI is InChI=1S/C22H25ClN2O5/c1-28-18-6-2-16(3-7-18)12-21(27)25-10-11-30-22(14-25,13-20(24)26)15-29-19-8-4-17(23)5-9-19/h2-9H,10-15H2,1H3,(H2,24,26). The first kappa shape index (κ1) is 21.9. The van der Waals surface area contributed by atoms with Gasteiger partial charge in [-0.05, 0) is 42.0 Å². The van der Waals surface area contributed by atoms with E-state index in [4.69, 9.17) is 31.5 Å². The van der Waals surface area contributed by atoms with Crippen molar-refractivity contribution < 1.29 is 23.8 Å². The van der Waals surface area contributed by atoms with Gasteiger partial charge < -0.3 is 24.8 Å². The topological polar surface area (TPSA) is 91.1 Å². The molecule has 1 heterocycles. The van der Waals surface area contributed by atoms with Crippen LogP contribution in [0.1, 0.15) is 12.0 Å². The minimum Gasteiger partial charge on any atom is -0.497 e. The van der Waals surface area contributed by atoms with E-state index in [2.05, 4.69) is 0 Å². The maximum atomic E-state index is 12.9. The Kier molecular flexibility index (Phi) is 7.18. The van der Waals surface area contributed by atoms with Gasteiger partial charge in [0.25, 0.3) is 0 Å². The highest BCUT2D eigenvalue weighted by molar-refractivity contribution is 6.30. The van der Waals surface area contributed by atoms with Gasteiger partial charge in [-0.25, -0.2) is 0 Å². The smallest absolute Gasteiger partial charge is 0.227 e. The van der Waals surface area contributed by atoms with E-state index in [1.807, 2.05) is 24.3 Å². The molecule has 0 aromatic heterocycles. The fourth-order valence-corrected chi connectivity index (χ4v) is 3.52. The van der Waals surface area contributed by atoms with Crippen LogP contribution in [-0.2, 0) is 20.7 Å². The fraction of sp³-hybridized carbons (Fsp3) is 0.364.